The molecule has 0 N–H and O–H groups in total. The first-order chi connectivity index (χ1) is 13.7. The van der Waals surface area contributed by atoms with Crippen molar-refractivity contribution >= 4 is 28.6 Å². The Hall–Kier alpha value is -2.77. The molecule has 1 unspecified atom stereocenters. The van der Waals surface area contributed by atoms with E-state index in [0.29, 0.717) is 5.69 Å². The molecule has 3 aromatic heterocycles. The lowest BCUT2D eigenvalue weighted by Gasteiger charge is -2.33. The van der Waals surface area contributed by atoms with Gasteiger partial charge in [0.15, 0.2) is 0 Å². The molecule has 5 nitrogen and oxygen atoms in total. The van der Waals surface area contributed by atoms with Crippen molar-refractivity contribution in [2.24, 2.45) is 0 Å². The number of carbonyl (C=O) groups is 1. The molecule has 140 valence electrons. The SMILES string of the molecule is CC1c2ccsc2CCN1C(=O)c1csc(-c2cnn(-c3ccccc3)c2)n1. The summed E-state index contributed by atoms with van der Waals surface area (Å²) in [6, 6.07) is 12.2. The number of benzene rings is 1. The number of carbonyl (C=O) groups excluding carboxylic acids is 1. The van der Waals surface area contributed by atoms with Gasteiger partial charge in [0.1, 0.15) is 10.7 Å². The van der Waals surface area contributed by atoms with Crippen molar-refractivity contribution in [1.29, 1.82) is 0 Å². The first-order valence-corrected chi connectivity index (χ1v) is 10.9. The van der Waals surface area contributed by atoms with Gasteiger partial charge >= 0.3 is 0 Å². The van der Waals surface area contributed by atoms with E-state index in [2.05, 4.69) is 28.5 Å². The van der Waals surface area contributed by atoms with Crippen LogP contribution in [0.5, 0.6) is 0 Å². The van der Waals surface area contributed by atoms with E-state index >= 15 is 0 Å². The van der Waals surface area contributed by atoms with Crippen LogP contribution in [0.1, 0.15) is 33.9 Å². The van der Waals surface area contributed by atoms with Crippen LogP contribution in [0.15, 0.2) is 59.6 Å². The molecule has 4 heterocycles. The van der Waals surface area contributed by atoms with Crippen molar-refractivity contribution in [3.63, 3.8) is 0 Å². The molecule has 1 atom stereocenters. The summed E-state index contributed by atoms with van der Waals surface area (Å²) in [4.78, 5) is 21.0. The minimum Gasteiger partial charge on any atom is -0.330 e. The number of thiazole rings is 1. The Morgan fingerprint density at radius 2 is 2.04 bits per heavy atom. The maximum atomic E-state index is 13.1. The lowest BCUT2D eigenvalue weighted by Crippen LogP contribution is -2.38. The number of aromatic nitrogens is 3. The first-order valence-electron chi connectivity index (χ1n) is 9.14. The Kier molecular flexibility index (Phi) is 4.33. The van der Waals surface area contributed by atoms with Crippen LogP contribution in [0.2, 0.25) is 0 Å². The van der Waals surface area contributed by atoms with Crippen LogP contribution in [-0.2, 0) is 6.42 Å². The highest BCUT2D eigenvalue weighted by molar-refractivity contribution is 7.13. The molecule has 5 rings (SSSR count). The average Bonchev–Trinajstić information content (AvgIpc) is 3.48. The van der Waals surface area contributed by atoms with Crippen molar-refractivity contribution in [2.75, 3.05) is 6.54 Å². The summed E-state index contributed by atoms with van der Waals surface area (Å²) in [6.45, 7) is 2.84. The molecule has 28 heavy (non-hydrogen) atoms. The van der Waals surface area contributed by atoms with Gasteiger partial charge in [0.05, 0.1) is 17.9 Å². The van der Waals surface area contributed by atoms with Crippen LogP contribution >= 0.6 is 22.7 Å². The summed E-state index contributed by atoms with van der Waals surface area (Å²) >= 11 is 3.26. The second kappa shape index (κ2) is 7.00. The number of amides is 1. The normalized spacial score (nSPS) is 16.2. The summed E-state index contributed by atoms with van der Waals surface area (Å²) in [6.07, 6.45) is 4.66. The van der Waals surface area contributed by atoms with Gasteiger partial charge in [-0.3, -0.25) is 4.79 Å². The number of para-hydroxylation sites is 1. The monoisotopic (exact) mass is 406 g/mol. The molecule has 1 aromatic carbocycles. The van der Waals surface area contributed by atoms with Gasteiger partial charge in [-0.25, -0.2) is 9.67 Å². The van der Waals surface area contributed by atoms with Crippen LogP contribution in [0, 0.1) is 0 Å². The van der Waals surface area contributed by atoms with Crippen LogP contribution in [0.4, 0.5) is 0 Å². The van der Waals surface area contributed by atoms with Gasteiger partial charge in [0.25, 0.3) is 5.91 Å². The highest BCUT2D eigenvalue weighted by atomic mass is 32.1. The summed E-state index contributed by atoms with van der Waals surface area (Å²) in [5.74, 6) is 0.00213. The standard InChI is InChI=1S/C21H18N4OS2/c1-14-17-8-10-27-19(17)7-9-24(14)21(26)18-13-28-20(23-18)15-11-22-25(12-15)16-5-3-2-4-6-16/h2-6,8,10-14H,7,9H2,1H3. The first kappa shape index (κ1) is 17.3. The van der Waals surface area contributed by atoms with Crippen molar-refractivity contribution in [3.8, 4) is 16.3 Å². The highest BCUT2D eigenvalue weighted by Gasteiger charge is 2.30. The van der Waals surface area contributed by atoms with Crippen LogP contribution in [0.3, 0.4) is 0 Å². The summed E-state index contributed by atoms with van der Waals surface area (Å²) < 4.78 is 1.82. The fourth-order valence-electron chi connectivity index (χ4n) is 3.59. The van der Waals surface area contributed by atoms with Gasteiger partial charge in [-0.2, -0.15) is 5.10 Å². The van der Waals surface area contributed by atoms with Crippen molar-refractivity contribution in [3.05, 3.63) is 75.7 Å². The van der Waals surface area contributed by atoms with Gasteiger partial charge in [-0.05, 0) is 42.5 Å². The zero-order valence-electron chi connectivity index (χ0n) is 15.3. The van der Waals surface area contributed by atoms with E-state index in [4.69, 9.17) is 0 Å². The van der Waals surface area contributed by atoms with E-state index in [1.165, 1.54) is 21.8 Å². The number of nitrogens with zero attached hydrogens (tertiary/aromatic N) is 4. The molecular formula is C21H18N4OS2. The molecule has 0 saturated heterocycles. The lowest BCUT2D eigenvalue weighted by molar-refractivity contribution is 0.0674. The maximum Gasteiger partial charge on any atom is 0.273 e. The van der Waals surface area contributed by atoms with Crippen molar-refractivity contribution in [2.45, 2.75) is 19.4 Å². The third-order valence-corrected chi connectivity index (χ3v) is 7.00. The molecular weight excluding hydrogens is 388 g/mol. The smallest absolute Gasteiger partial charge is 0.273 e. The molecule has 0 aliphatic carbocycles. The quantitative estimate of drug-likeness (QED) is 0.490. The van der Waals surface area contributed by atoms with E-state index < -0.39 is 0 Å². The Balaban J connectivity index is 1.38. The number of hydrogen-bond donors (Lipinski definition) is 0. The minimum atomic E-state index is 0.00213. The number of fused-ring (bicyclic) bond motifs is 1. The van der Waals surface area contributed by atoms with E-state index in [9.17, 15) is 4.79 Å². The zero-order chi connectivity index (χ0) is 19.1. The molecule has 0 saturated carbocycles. The topological polar surface area (TPSA) is 51.0 Å². The molecule has 1 aliphatic heterocycles. The fourth-order valence-corrected chi connectivity index (χ4v) is 5.33. The molecule has 0 bridgehead atoms. The average molecular weight is 407 g/mol. The maximum absolute atomic E-state index is 13.1. The van der Waals surface area contributed by atoms with E-state index in [-0.39, 0.29) is 11.9 Å². The number of rotatable bonds is 3. The van der Waals surface area contributed by atoms with Gasteiger partial charge in [-0.15, -0.1) is 22.7 Å². The van der Waals surface area contributed by atoms with E-state index in [1.807, 2.05) is 51.5 Å². The Labute approximate surface area is 170 Å². The lowest BCUT2D eigenvalue weighted by atomic mass is 10.0. The Morgan fingerprint density at radius 1 is 1.18 bits per heavy atom. The van der Waals surface area contributed by atoms with Crippen molar-refractivity contribution in [1.82, 2.24) is 19.7 Å². The van der Waals surface area contributed by atoms with Gasteiger partial charge in [0, 0.05) is 28.6 Å². The second-order valence-electron chi connectivity index (χ2n) is 6.77. The Bertz CT molecular complexity index is 1130. The zero-order valence-corrected chi connectivity index (χ0v) is 16.9. The van der Waals surface area contributed by atoms with Crippen LogP contribution in [-0.4, -0.2) is 32.1 Å². The van der Waals surface area contributed by atoms with Gasteiger partial charge < -0.3 is 4.90 Å². The number of hydrogen-bond acceptors (Lipinski definition) is 5. The predicted octanol–water partition coefficient (Wildman–Crippen LogP) is 4.82. The number of thiophene rings is 1. The largest absolute Gasteiger partial charge is 0.330 e. The minimum absolute atomic E-state index is 0.00213. The molecule has 1 aliphatic rings. The summed E-state index contributed by atoms with van der Waals surface area (Å²) in [5, 5.41) is 9.20. The molecule has 4 aromatic rings. The molecule has 7 heteroatoms. The van der Waals surface area contributed by atoms with E-state index in [0.717, 1.165) is 29.2 Å². The summed E-state index contributed by atoms with van der Waals surface area (Å²) in [7, 11) is 0. The van der Waals surface area contributed by atoms with Gasteiger partial charge in [0.2, 0.25) is 0 Å². The fraction of sp³-hybridized carbons (Fsp3) is 0.190. The van der Waals surface area contributed by atoms with E-state index in [1.54, 1.807) is 17.5 Å². The Morgan fingerprint density at radius 3 is 2.89 bits per heavy atom. The molecule has 0 spiro atoms. The van der Waals surface area contributed by atoms with Gasteiger partial charge in [-0.1, -0.05) is 18.2 Å². The van der Waals surface area contributed by atoms with Crippen LogP contribution < -0.4 is 0 Å². The third kappa shape index (κ3) is 2.96. The molecule has 1 amide bonds. The summed E-state index contributed by atoms with van der Waals surface area (Å²) in [5.41, 5.74) is 3.69. The predicted molar refractivity (Wildman–Crippen MR) is 112 cm³/mol. The highest BCUT2D eigenvalue weighted by Crippen LogP contribution is 2.34. The molecule has 0 radical (unpaired) electrons. The second-order valence-corrected chi connectivity index (χ2v) is 8.63. The molecule has 0 fully saturated rings. The van der Waals surface area contributed by atoms with Crippen molar-refractivity contribution < 1.29 is 4.79 Å². The van der Waals surface area contributed by atoms with Crippen LogP contribution in [0.25, 0.3) is 16.3 Å². The third-order valence-electron chi connectivity index (χ3n) is 5.11.